The summed E-state index contributed by atoms with van der Waals surface area (Å²) in [7, 11) is 0. The number of nitrogens with one attached hydrogen (secondary N) is 3. The third-order valence-corrected chi connectivity index (χ3v) is 3.96. The van der Waals surface area contributed by atoms with Crippen molar-refractivity contribution >= 4 is 40.3 Å². The maximum absolute atomic E-state index is 10.9. The summed E-state index contributed by atoms with van der Waals surface area (Å²) in [5.41, 5.74) is 4.54. The molecule has 2 aromatic carbocycles. The Labute approximate surface area is 150 Å². The van der Waals surface area contributed by atoms with Gasteiger partial charge >= 0.3 is 0 Å². The van der Waals surface area contributed by atoms with Gasteiger partial charge in [-0.15, -0.1) is 0 Å². The second-order valence-electron chi connectivity index (χ2n) is 6.01. The van der Waals surface area contributed by atoms with Crippen molar-refractivity contribution in [2.75, 3.05) is 10.6 Å². The second kappa shape index (κ2) is 6.68. The van der Waals surface area contributed by atoms with Crippen LogP contribution in [-0.2, 0) is 0 Å². The van der Waals surface area contributed by atoms with Gasteiger partial charge in [0.15, 0.2) is 0 Å². The zero-order valence-electron chi connectivity index (χ0n) is 14.2. The summed E-state index contributed by atoms with van der Waals surface area (Å²) in [6.45, 7) is 2.04. The number of nitrogens with zero attached hydrogens (tertiary/aromatic N) is 2. The molecule has 2 heterocycles. The first kappa shape index (κ1) is 15.8. The van der Waals surface area contributed by atoms with Crippen molar-refractivity contribution in [3.05, 3.63) is 72.1 Å². The zero-order valence-corrected chi connectivity index (χ0v) is 14.2. The predicted molar refractivity (Wildman–Crippen MR) is 103 cm³/mol. The Kier molecular flexibility index (Phi) is 4.07. The molecule has 0 amide bonds. The standard InChI is InChI=1S/C20H17N5O/c1-13-9-15-11-17(5-6-18(15)22-13)23-19-7-8-21-20(25-19)24-16-4-2-3-14(10-16)12-26/h2-12,22H,1H3,(H2,21,23,24,25). The SMILES string of the molecule is Cc1cc2cc(Nc3ccnc(Nc4cccc(C=O)c4)n3)ccc2[nH]1. The molecule has 128 valence electrons. The Morgan fingerprint density at radius 2 is 1.88 bits per heavy atom. The van der Waals surface area contributed by atoms with E-state index >= 15 is 0 Å². The molecule has 0 radical (unpaired) electrons. The second-order valence-corrected chi connectivity index (χ2v) is 6.01. The number of aryl methyl sites for hydroxylation is 1. The first-order valence-corrected chi connectivity index (χ1v) is 8.21. The third kappa shape index (κ3) is 3.39. The van der Waals surface area contributed by atoms with Gasteiger partial charge in [0.1, 0.15) is 12.1 Å². The summed E-state index contributed by atoms with van der Waals surface area (Å²) in [5.74, 6) is 1.14. The monoisotopic (exact) mass is 343 g/mol. The van der Waals surface area contributed by atoms with Gasteiger partial charge in [-0.2, -0.15) is 4.98 Å². The van der Waals surface area contributed by atoms with Crippen LogP contribution in [0.2, 0.25) is 0 Å². The molecule has 0 unspecified atom stereocenters. The first-order chi connectivity index (χ1) is 12.7. The molecule has 0 bridgehead atoms. The van der Waals surface area contributed by atoms with E-state index in [1.165, 1.54) is 0 Å². The number of rotatable bonds is 5. The Bertz CT molecular complexity index is 1090. The lowest BCUT2D eigenvalue weighted by Gasteiger charge is -2.09. The van der Waals surface area contributed by atoms with E-state index < -0.39 is 0 Å². The van der Waals surface area contributed by atoms with Crippen molar-refractivity contribution in [1.82, 2.24) is 15.0 Å². The van der Waals surface area contributed by atoms with Crippen LogP contribution in [0.5, 0.6) is 0 Å². The van der Waals surface area contributed by atoms with Crippen LogP contribution in [0.1, 0.15) is 16.1 Å². The van der Waals surface area contributed by atoms with Crippen molar-refractivity contribution in [2.24, 2.45) is 0 Å². The van der Waals surface area contributed by atoms with Crippen LogP contribution in [0.4, 0.5) is 23.1 Å². The third-order valence-electron chi connectivity index (χ3n) is 3.96. The van der Waals surface area contributed by atoms with Gasteiger partial charge in [0.05, 0.1) is 0 Å². The Morgan fingerprint density at radius 1 is 1.00 bits per heavy atom. The molecule has 0 saturated heterocycles. The topological polar surface area (TPSA) is 82.7 Å². The van der Waals surface area contributed by atoms with E-state index in [1.54, 1.807) is 24.4 Å². The molecule has 26 heavy (non-hydrogen) atoms. The molecule has 2 aromatic heterocycles. The Balaban J connectivity index is 1.55. The summed E-state index contributed by atoms with van der Waals surface area (Å²) in [6.07, 6.45) is 2.49. The Morgan fingerprint density at radius 3 is 2.77 bits per heavy atom. The first-order valence-electron chi connectivity index (χ1n) is 8.21. The van der Waals surface area contributed by atoms with E-state index in [4.69, 9.17) is 0 Å². The minimum atomic E-state index is 0.455. The van der Waals surface area contributed by atoms with Gasteiger partial charge in [0.2, 0.25) is 5.95 Å². The van der Waals surface area contributed by atoms with E-state index in [2.05, 4.69) is 37.7 Å². The normalized spacial score (nSPS) is 10.7. The average molecular weight is 343 g/mol. The highest BCUT2D eigenvalue weighted by molar-refractivity contribution is 5.84. The molecule has 0 aliphatic heterocycles. The van der Waals surface area contributed by atoms with Crippen molar-refractivity contribution < 1.29 is 4.79 Å². The summed E-state index contributed by atoms with van der Waals surface area (Å²) >= 11 is 0. The molecular weight excluding hydrogens is 326 g/mol. The number of aromatic amines is 1. The quantitative estimate of drug-likeness (QED) is 0.463. The van der Waals surface area contributed by atoms with Gasteiger partial charge in [-0.3, -0.25) is 4.79 Å². The van der Waals surface area contributed by atoms with Gasteiger partial charge in [0.25, 0.3) is 0 Å². The number of fused-ring (bicyclic) bond motifs is 1. The van der Waals surface area contributed by atoms with Crippen molar-refractivity contribution in [3.8, 4) is 0 Å². The number of H-pyrrole nitrogens is 1. The highest BCUT2D eigenvalue weighted by atomic mass is 16.1. The molecule has 0 aliphatic carbocycles. The summed E-state index contributed by atoms with van der Waals surface area (Å²) in [5, 5.41) is 7.55. The molecule has 4 aromatic rings. The summed E-state index contributed by atoms with van der Waals surface area (Å²) < 4.78 is 0. The van der Waals surface area contributed by atoms with Gasteiger partial charge in [-0.05, 0) is 49.4 Å². The summed E-state index contributed by atoms with van der Waals surface area (Å²) in [4.78, 5) is 22.9. The maximum Gasteiger partial charge on any atom is 0.229 e. The molecule has 6 heteroatoms. The number of carbonyl (C=O) groups is 1. The number of hydrogen-bond donors (Lipinski definition) is 3. The van der Waals surface area contributed by atoms with Crippen LogP contribution in [-0.4, -0.2) is 21.2 Å². The maximum atomic E-state index is 10.9. The number of benzene rings is 2. The van der Waals surface area contributed by atoms with Crippen molar-refractivity contribution in [2.45, 2.75) is 6.92 Å². The van der Waals surface area contributed by atoms with Crippen LogP contribution in [0.15, 0.2) is 60.8 Å². The number of aldehydes is 1. The lowest BCUT2D eigenvalue weighted by atomic mass is 10.2. The van der Waals surface area contributed by atoms with Crippen LogP contribution in [0, 0.1) is 6.92 Å². The number of carbonyl (C=O) groups excluding carboxylic acids is 1. The predicted octanol–water partition coefficient (Wildman–Crippen LogP) is 4.57. The van der Waals surface area contributed by atoms with Crippen molar-refractivity contribution in [1.29, 1.82) is 0 Å². The fraction of sp³-hybridized carbons (Fsp3) is 0.0500. The number of anilines is 4. The molecule has 6 nitrogen and oxygen atoms in total. The summed E-state index contributed by atoms with van der Waals surface area (Å²) in [6, 6.07) is 17.2. The van der Waals surface area contributed by atoms with Gasteiger partial charge < -0.3 is 15.6 Å². The molecule has 4 rings (SSSR count). The molecular formula is C20H17N5O. The minimum absolute atomic E-state index is 0.455. The lowest BCUT2D eigenvalue weighted by Crippen LogP contribution is -2.00. The lowest BCUT2D eigenvalue weighted by molar-refractivity contribution is 0.112. The molecule has 0 atom stereocenters. The van der Waals surface area contributed by atoms with Crippen LogP contribution < -0.4 is 10.6 Å². The van der Waals surface area contributed by atoms with E-state index in [0.717, 1.165) is 34.3 Å². The minimum Gasteiger partial charge on any atom is -0.359 e. The highest BCUT2D eigenvalue weighted by Crippen LogP contribution is 2.23. The van der Waals surface area contributed by atoms with Gasteiger partial charge in [-0.1, -0.05) is 12.1 Å². The van der Waals surface area contributed by atoms with E-state index in [9.17, 15) is 4.79 Å². The molecule has 3 N–H and O–H groups in total. The fourth-order valence-electron chi connectivity index (χ4n) is 2.81. The van der Waals surface area contributed by atoms with Crippen LogP contribution in [0.25, 0.3) is 10.9 Å². The number of hydrogen-bond acceptors (Lipinski definition) is 5. The van der Waals surface area contributed by atoms with Gasteiger partial charge in [-0.25, -0.2) is 4.98 Å². The molecule has 0 saturated carbocycles. The van der Waals surface area contributed by atoms with Crippen LogP contribution >= 0.6 is 0 Å². The zero-order chi connectivity index (χ0) is 17.9. The van der Waals surface area contributed by atoms with E-state index in [-0.39, 0.29) is 0 Å². The van der Waals surface area contributed by atoms with E-state index in [1.807, 2.05) is 31.2 Å². The molecule has 0 spiro atoms. The highest BCUT2D eigenvalue weighted by Gasteiger charge is 2.04. The molecule has 0 aliphatic rings. The smallest absolute Gasteiger partial charge is 0.229 e. The average Bonchev–Trinajstić information content (AvgIpc) is 3.01. The molecule has 0 fully saturated rings. The fourth-order valence-corrected chi connectivity index (χ4v) is 2.81. The van der Waals surface area contributed by atoms with Crippen molar-refractivity contribution in [3.63, 3.8) is 0 Å². The Hall–Kier alpha value is -3.67. The largest absolute Gasteiger partial charge is 0.359 e. The van der Waals surface area contributed by atoms with E-state index in [0.29, 0.717) is 17.3 Å². The number of aromatic nitrogens is 3. The van der Waals surface area contributed by atoms with Gasteiger partial charge in [0, 0.05) is 39.7 Å². The van der Waals surface area contributed by atoms with Crippen LogP contribution in [0.3, 0.4) is 0 Å².